The molecule has 2 rings (SSSR count). The first kappa shape index (κ1) is 20.9. The predicted molar refractivity (Wildman–Crippen MR) is 62.6 cm³/mol. The van der Waals surface area contributed by atoms with Gasteiger partial charge in [-0.25, -0.2) is 0 Å². The van der Waals surface area contributed by atoms with Gasteiger partial charge in [0, 0.05) is 0 Å². The molecule has 88 valence electrons. The molecule has 16 heavy (non-hydrogen) atoms. The number of rotatable bonds is 1. The number of hydrogen-bond donors (Lipinski definition) is 1. The zero-order valence-corrected chi connectivity index (χ0v) is 10.4. The van der Waals surface area contributed by atoms with Gasteiger partial charge in [-0.3, -0.25) is 0 Å². The van der Waals surface area contributed by atoms with Crippen LogP contribution in [-0.4, -0.2) is 5.11 Å². The van der Waals surface area contributed by atoms with Crippen molar-refractivity contribution in [3.8, 4) is 0 Å². The fourth-order valence-electron chi connectivity index (χ4n) is 0.763. The van der Waals surface area contributed by atoms with Crippen LogP contribution in [0.1, 0.15) is 27.8 Å². The maximum Gasteiger partial charge on any atom is 1.00 e. The van der Waals surface area contributed by atoms with Gasteiger partial charge in [0.2, 0.25) is 0 Å². The second-order valence-corrected chi connectivity index (χ2v) is 2.46. The number of hydrogen-bond acceptors (Lipinski definition) is 3. The summed E-state index contributed by atoms with van der Waals surface area (Å²) in [6, 6.07) is 7.25. The first-order valence-corrected chi connectivity index (χ1v) is 3.96. The molecule has 0 spiro atoms. The summed E-state index contributed by atoms with van der Waals surface area (Å²) in [6.45, 7) is 1.91. The number of aryl methyl sites for hydroxylation is 1. The third kappa shape index (κ3) is 8.80. The Morgan fingerprint density at radius 1 is 1.12 bits per heavy atom. The Hall–Kier alpha value is -0.480. The van der Waals surface area contributed by atoms with E-state index >= 15 is 0 Å². The van der Waals surface area contributed by atoms with E-state index in [9.17, 15) is 0 Å². The van der Waals surface area contributed by atoms with Gasteiger partial charge in [0.25, 0.3) is 0 Å². The van der Waals surface area contributed by atoms with Crippen molar-refractivity contribution in [1.29, 1.82) is 0 Å². The van der Waals surface area contributed by atoms with Crippen molar-refractivity contribution in [2.75, 3.05) is 0 Å². The first-order valence-electron chi connectivity index (χ1n) is 3.96. The van der Waals surface area contributed by atoms with E-state index in [-0.39, 0.29) is 52.4 Å². The Morgan fingerprint density at radius 3 is 1.88 bits per heavy atom. The molecule has 0 radical (unpaired) electrons. The van der Waals surface area contributed by atoms with E-state index in [4.69, 9.17) is 13.9 Å². The van der Waals surface area contributed by atoms with Crippen LogP contribution < -0.4 is 29.6 Å². The molecule has 2 heterocycles. The van der Waals surface area contributed by atoms with Crippen LogP contribution in [0.15, 0.2) is 45.6 Å². The minimum Gasteiger partial charge on any atom is -1.00 e. The molecule has 0 aromatic carbocycles. The maximum absolute atomic E-state index is 8.33. The summed E-state index contributed by atoms with van der Waals surface area (Å²) in [4.78, 5) is 0. The molecule has 0 aliphatic heterocycles. The monoisotopic (exact) mass is 236 g/mol. The first-order chi connectivity index (χ1) is 6.33. The molecule has 0 fully saturated rings. The fourth-order valence-corrected chi connectivity index (χ4v) is 0.763. The zero-order chi connectivity index (χ0) is 9.52. The molecule has 2 aromatic heterocycles. The van der Waals surface area contributed by atoms with E-state index in [1.807, 2.05) is 19.1 Å². The van der Waals surface area contributed by atoms with Crippen molar-refractivity contribution in [1.82, 2.24) is 0 Å². The number of aliphatic hydroxyl groups excluding tert-OH is 1. The third-order valence-electron chi connectivity index (χ3n) is 1.40. The van der Waals surface area contributed by atoms with Crippen LogP contribution in [0.3, 0.4) is 0 Å². The minimum absolute atomic E-state index is 0. The molecule has 0 aliphatic rings. The van der Waals surface area contributed by atoms with Crippen LogP contribution in [0.25, 0.3) is 0 Å². The van der Waals surface area contributed by atoms with Crippen molar-refractivity contribution >= 4 is 0 Å². The summed E-state index contributed by atoms with van der Waals surface area (Å²) in [5.41, 5.74) is 0. The summed E-state index contributed by atoms with van der Waals surface area (Å²) in [7, 11) is 0. The fraction of sp³-hybridized carbons (Fsp3) is 0.333. The Morgan fingerprint density at radius 2 is 1.69 bits per heavy atom. The minimum atomic E-state index is -0.00694. The normalized spacial score (nSPS) is 7.38. The van der Waals surface area contributed by atoms with E-state index in [0.29, 0.717) is 5.76 Å². The summed E-state index contributed by atoms with van der Waals surface area (Å²) < 4.78 is 9.57. The SMILES string of the molecule is C.C.Cc1ccco1.OCc1ccco1.[H-].[Na+]. The smallest absolute Gasteiger partial charge is 1.00 e. The van der Waals surface area contributed by atoms with Crippen LogP contribution in [-0.2, 0) is 6.61 Å². The van der Waals surface area contributed by atoms with Crippen molar-refractivity contribution in [2.45, 2.75) is 28.4 Å². The van der Waals surface area contributed by atoms with Gasteiger partial charge in [-0.15, -0.1) is 0 Å². The van der Waals surface area contributed by atoms with Crippen LogP contribution >= 0.6 is 0 Å². The maximum atomic E-state index is 8.33. The van der Waals surface area contributed by atoms with E-state index in [0.717, 1.165) is 5.76 Å². The van der Waals surface area contributed by atoms with Crippen LogP contribution in [0.4, 0.5) is 0 Å². The Labute approximate surface area is 121 Å². The Kier molecular flexibility index (Phi) is 16.4. The zero-order valence-electron chi connectivity index (χ0n) is 9.43. The molecule has 0 amide bonds. The van der Waals surface area contributed by atoms with Gasteiger partial charge >= 0.3 is 29.6 Å². The molecule has 1 N–H and O–H groups in total. The Balaban J connectivity index is -0.0000000810. The molecule has 0 unspecified atom stereocenters. The second-order valence-electron chi connectivity index (χ2n) is 2.46. The van der Waals surface area contributed by atoms with Crippen LogP contribution in [0.2, 0.25) is 0 Å². The standard InChI is InChI=1S/C5H6O2.C5H6O.2CH4.Na.H/c6-4-5-2-1-3-7-5;1-5-3-2-4-6-5;;;;/h1-3,6H,4H2;2-4H,1H3;2*1H4;;/q;;;;+1;-1. The summed E-state index contributed by atoms with van der Waals surface area (Å²) in [5, 5.41) is 8.33. The van der Waals surface area contributed by atoms with Crippen LogP contribution in [0, 0.1) is 6.92 Å². The summed E-state index contributed by atoms with van der Waals surface area (Å²) in [6.07, 6.45) is 3.20. The van der Waals surface area contributed by atoms with Crippen LogP contribution in [0.5, 0.6) is 0 Å². The van der Waals surface area contributed by atoms with E-state index in [1.54, 1.807) is 18.4 Å². The number of furan rings is 2. The van der Waals surface area contributed by atoms with Crippen molar-refractivity contribution in [3.63, 3.8) is 0 Å². The molecule has 0 saturated carbocycles. The van der Waals surface area contributed by atoms with Gasteiger partial charge < -0.3 is 15.4 Å². The average molecular weight is 236 g/mol. The Bertz CT molecular complexity index is 306. The number of aliphatic hydroxyl groups is 1. The van der Waals surface area contributed by atoms with Gasteiger partial charge in [0.05, 0.1) is 12.5 Å². The average Bonchev–Trinajstić information content (AvgIpc) is 2.76. The van der Waals surface area contributed by atoms with Gasteiger partial charge in [0.15, 0.2) is 0 Å². The molecule has 0 bridgehead atoms. The predicted octanol–water partition coefficient (Wildman–Crippen LogP) is 0.749. The van der Waals surface area contributed by atoms with Gasteiger partial charge in [-0.05, 0) is 31.2 Å². The summed E-state index contributed by atoms with van der Waals surface area (Å²) in [5.74, 6) is 1.58. The summed E-state index contributed by atoms with van der Waals surface area (Å²) >= 11 is 0. The molecule has 4 heteroatoms. The molecule has 0 saturated heterocycles. The largest absolute Gasteiger partial charge is 1.00 e. The van der Waals surface area contributed by atoms with Crippen molar-refractivity contribution in [2.24, 2.45) is 0 Å². The van der Waals surface area contributed by atoms with Crippen molar-refractivity contribution < 1.29 is 44.9 Å². The second kappa shape index (κ2) is 12.6. The molecule has 0 atom stereocenters. The van der Waals surface area contributed by atoms with Gasteiger partial charge in [-0.2, -0.15) is 0 Å². The van der Waals surface area contributed by atoms with Crippen molar-refractivity contribution in [3.05, 3.63) is 48.3 Å². The quantitative estimate of drug-likeness (QED) is 0.743. The topological polar surface area (TPSA) is 46.5 Å². The third-order valence-corrected chi connectivity index (χ3v) is 1.40. The molecular weight excluding hydrogens is 215 g/mol. The van der Waals surface area contributed by atoms with Gasteiger partial charge in [-0.1, -0.05) is 14.9 Å². The molecule has 3 nitrogen and oxygen atoms in total. The molecule has 0 aliphatic carbocycles. The van der Waals surface area contributed by atoms with Gasteiger partial charge in [0.1, 0.15) is 18.1 Å². The van der Waals surface area contributed by atoms with E-state index in [2.05, 4.69) is 0 Å². The molecule has 2 aromatic rings. The van der Waals surface area contributed by atoms with E-state index in [1.165, 1.54) is 6.26 Å². The van der Waals surface area contributed by atoms with E-state index < -0.39 is 0 Å². The molecular formula is C12H21NaO3.